The van der Waals surface area contributed by atoms with Crippen molar-refractivity contribution in [1.82, 2.24) is 0 Å². The van der Waals surface area contributed by atoms with Crippen LogP contribution in [0.15, 0.2) is 29.2 Å². The largest absolute Gasteiger partial charge is 0.398 e. The molecule has 2 aromatic carbocycles. The second-order valence-electron chi connectivity index (χ2n) is 5.91. The highest BCUT2D eigenvalue weighted by atomic mass is 32.2. The first-order chi connectivity index (χ1) is 10.8. The molecule has 0 fully saturated rings. The summed E-state index contributed by atoms with van der Waals surface area (Å²) < 4.78 is 26.1. The molecule has 1 unspecified atom stereocenters. The molecular formula is C17H25N3O2S. The van der Waals surface area contributed by atoms with Crippen molar-refractivity contribution in [2.45, 2.75) is 43.4 Å². The van der Waals surface area contributed by atoms with Crippen LogP contribution in [0.4, 0.5) is 5.69 Å². The molecule has 0 aliphatic heterocycles. The zero-order chi connectivity index (χ0) is 17.2. The summed E-state index contributed by atoms with van der Waals surface area (Å²) in [5.41, 5.74) is 19.7. The van der Waals surface area contributed by atoms with Crippen LogP contribution in [0, 0.1) is 13.8 Å². The fraction of sp³-hybridized carbons (Fsp3) is 0.412. The molecule has 0 heterocycles. The predicted octanol–water partition coefficient (Wildman–Crippen LogP) is 2.23. The molecule has 5 nitrogen and oxygen atoms in total. The topological polar surface area (TPSA) is 112 Å². The maximum absolute atomic E-state index is 13.0. The molecule has 2 rings (SSSR count). The van der Waals surface area contributed by atoms with E-state index < -0.39 is 15.2 Å². The van der Waals surface area contributed by atoms with Gasteiger partial charge in [-0.05, 0) is 50.8 Å². The van der Waals surface area contributed by atoms with Crippen LogP contribution in [-0.2, 0) is 9.84 Å². The normalized spacial score (nSPS) is 13.4. The number of hydrogen-bond acceptors (Lipinski definition) is 5. The van der Waals surface area contributed by atoms with Crippen LogP contribution in [0.1, 0.15) is 30.4 Å². The van der Waals surface area contributed by atoms with Gasteiger partial charge in [-0.2, -0.15) is 0 Å². The third-order valence-corrected chi connectivity index (χ3v) is 6.52. The molecule has 0 saturated heterocycles. The van der Waals surface area contributed by atoms with Gasteiger partial charge in [-0.25, -0.2) is 8.42 Å². The second kappa shape index (κ2) is 6.86. The maximum atomic E-state index is 13.0. The highest BCUT2D eigenvalue weighted by molar-refractivity contribution is 7.92. The summed E-state index contributed by atoms with van der Waals surface area (Å²) >= 11 is 0. The van der Waals surface area contributed by atoms with Crippen molar-refractivity contribution < 1.29 is 8.42 Å². The average molecular weight is 335 g/mol. The van der Waals surface area contributed by atoms with E-state index >= 15 is 0 Å². The highest BCUT2D eigenvalue weighted by Gasteiger charge is 2.28. The number of benzene rings is 2. The van der Waals surface area contributed by atoms with Gasteiger partial charge >= 0.3 is 0 Å². The summed E-state index contributed by atoms with van der Waals surface area (Å²) in [5, 5.41) is 0.463. The summed E-state index contributed by atoms with van der Waals surface area (Å²) in [4.78, 5) is 0.306. The lowest BCUT2D eigenvalue weighted by Gasteiger charge is -2.20. The Hall–Kier alpha value is -1.63. The molecule has 6 heteroatoms. The number of fused-ring (bicyclic) bond motifs is 1. The highest BCUT2D eigenvalue weighted by Crippen LogP contribution is 2.36. The first kappa shape index (κ1) is 17.7. The quantitative estimate of drug-likeness (QED) is 0.553. The van der Waals surface area contributed by atoms with Gasteiger partial charge in [-0.15, -0.1) is 0 Å². The molecule has 126 valence electrons. The predicted molar refractivity (Wildman–Crippen MR) is 95.9 cm³/mol. The summed E-state index contributed by atoms with van der Waals surface area (Å²) in [6.45, 7) is 4.17. The summed E-state index contributed by atoms with van der Waals surface area (Å²) in [6.07, 6.45) is 1.86. The van der Waals surface area contributed by atoms with E-state index in [2.05, 4.69) is 0 Å². The Kier molecular flexibility index (Phi) is 5.29. The summed E-state index contributed by atoms with van der Waals surface area (Å²) in [7, 11) is -3.63. The van der Waals surface area contributed by atoms with Crippen LogP contribution in [0.3, 0.4) is 0 Å². The third kappa shape index (κ3) is 3.20. The van der Waals surface area contributed by atoms with Crippen molar-refractivity contribution in [1.29, 1.82) is 0 Å². The molecule has 0 spiro atoms. The minimum Gasteiger partial charge on any atom is -0.398 e. The van der Waals surface area contributed by atoms with Crippen LogP contribution in [0.25, 0.3) is 10.8 Å². The van der Waals surface area contributed by atoms with Crippen molar-refractivity contribution in [3.63, 3.8) is 0 Å². The van der Waals surface area contributed by atoms with Crippen molar-refractivity contribution >= 4 is 26.3 Å². The first-order valence-corrected chi connectivity index (χ1v) is 9.34. The van der Waals surface area contributed by atoms with Crippen molar-refractivity contribution in [2.24, 2.45) is 11.5 Å². The van der Waals surface area contributed by atoms with Gasteiger partial charge in [0.2, 0.25) is 0 Å². The summed E-state index contributed by atoms with van der Waals surface area (Å²) in [5.74, 6) is 0. The minimum atomic E-state index is -3.63. The Morgan fingerprint density at radius 3 is 2.26 bits per heavy atom. The Bertz CT molecular complexity index is 816. The van der Waals surface area contributed by atoms with Crippen LogP contribution < -0.4 is 17.2 Å². The van der Waals surface area contributed by atoms with Gasteiger partial charge in [0.1, 0.15) is 5.37 Å². The fourth-order valence-electron chi connectivity index (χ4n) is 2.86. The Morgan fingerprint density at radius 1 is 1.04 bits per heavy atom. The van der Waals surface area contributed by atoms with Crippen molar-refractivity contribution in [2.75, 3.05) is 12.3 Å². The molecule has 0 amide bonds. The molecule has 0 radical (unpaired) electrons. The first-order valence-electron chi connectivity index (χ1n) is 7.79. The average Bonchev–Trinajstić information content (AvgIpc) is 2.53. The number of unbranched alkanes of at least 4 members (excludes halogenated alkanes) is 1. The van der Waals surface area contributed by atoms with Crippen LogP contribution in [-0.4, -0.2) is 20.3 Å². The monoisotopic (exact) mass is 335 g/mol. The molecule has 0 aliphatic carbocycles. The standard InChI is InChI=1S/C17H25N3O2S/c1-11-12(2)17(14-8-4-3-7-13(14)16(11)20)23(21,22)15(19)9-5-6-10-18/h3-4,7-8,15H,5-6,9-10,18-20H2,1-2H3. The molecule has 0 aliphatic rings. The van der Waals surface area contributed by atoms with Gasteiger partial charge in [0.25, 0.3) is 0 Å². The number of rotatable bonds is 6. The van der Waals surface area contributed by atoms with E-state index in [4.69, 9.17) is 17.2 Å². The molecule has 0 bridgehead atoms. The lowest BCUT2D eigenvalue weighted by atomic mass is 10.00. The van der Waals surface area contributed by atoms with Crippen molar-refractivity contribution in [3.05, 3.63) is 35.4 Å². The van der Waals surface area contributed by atoms with E-state index in [1.165, 1.54) is 0 Å². The lowest BCUT2D eigenvalue weighted by molar-refractivity contribution is 0.564. The van der Waals surface area contributed by atoms with Crippen molar-refractivity contribution in [3.8, 4) is 0 Å². The van der Waals surface area contributed by atoms with E-state index in [0.717, 1.165) is 17.4 Å². The SMILES string of the molecule is Cc1c(C)c(S(=O)(=O)C(N)CCCCN)c2ccccc2c1N. The Labute approximate surface area is 137 Å². The Balaban J connectivity index is 2.63. The number of sulfone groups is 1. The van der Waals surface area contributed by atoms with Crippen LogP contribution >= 0.6 is 0 Å². The Morgan fingerprint density at radius 2 is 1.65 bits per heavy atom. The van der Waals surface area contributed by atoms with Gasteiger partial charge in [-0.1, -0.05) is 24.3 Å². The zero-order valence-electron chi connectivity index (χ0n) is 13.7. The van der Waals surface area contributed by atoms with Gasteiger partial charge in [-0.3, -0.25) is 0 Å². The van der Waals surface area contributed by atoms with E-state index in [-0.39, 0.29) is 0 Å². The fourth-order valence-corrected chi connectivity index (χ4v) is 4.70. The van der Waals surface area contributed by atoms with Gasteiger partial charge in [0.05, 0.1) is 4.90 Å². The lowest BCUT2D eigenvalue weighted by Crippen LogP contribution is -2.31. The number of anilines is 1. The third-order valence-electron chi connectivity index (χ3n) is 4.39. The van der Waals surface area contributed by atoms with E-state index in [1.807, 2.05) is 25.1 Å². The van der Waals surface area contributed by atoms with Crippen LogP contribution in [0.5, 0.6) is 0 Å². The van der Waals surface area contributed by atoms with E-state index in [0.29, 0.717) is 40.9 Å². The van der Waals surface area contributed by atoms with Gasteiger partial charge < -0.3 is 17.2 Å². The number of hydrogen-bond donors (Lipinski definition) is 3. The minimum absolute atomic E-state index is 0.306. The summed E-state index contributed by atoms with van der Waals surface area (Å²) in [6, 6.07) is 7.30. The number of nitrogens with two attached hydrogens (primary N) is 3. The van der Waals surface area contributed by atoms with E-state index in [9.17, 15) is 8.42 Å². The molecule has 6 N–H and O–H groups in total. The number of nitrogen functional groups attached to an aromatic ring is 1. The van der Waals surface area contributed by atoms with E-state index in [1.54, 1.807) is 13.0 Å². The second-order valence-corrected chi connectivity index (χ2v) is 8.01. The molecule has 2 aromatic rings. The molecule has 1 atom stereocenters. The van der Waals surface area contributed by atoms with Gasteiger partial charge in [0.15, 0.2) is 9.84 Å². The smallest absolute Gasteiger partial charge is 0.194 e. The maximum Gasteiger partial charge on any atom is 0.194 e. The molecule has 23 heavy (non-hydrogen) atoms. The zero-order valence-corrected chi connectivity index (χ0v) is 14.5. The van der Waals surface area contributed by atoms with Gasteiger partial charge in [0, 0.05) is 16.5 Å². The van der Waals surface area contributed by atoms with Crippen LogP contribution in [0.2, 0.25) is 0 Å². The molecular weight excluding hydrogens is 310 g/mol. The molecule has 0 saturated carbocycles. The molecule has 0 aromatic heterocycles.